The second-order valence-corrected chi connectivity index (χ2v) is 7.92. The Kier molecular flexibility index (Phi) is 9.35. The van der Waals surface area contributed by atoms with Crippen LogP contribution >= 0.6 is 23.4 Å². The molecule has 29 heavy (non-hydrogen) atoms. The van der Waals surface area contributed by atoms with Crippen molar-refractivity contribution in [1.82, 2.24) is 10.2 Å². The van der Waals surface area contributed by atoms with Gasteiger partial charge in [0.15, 0.2) is 0 Å². The summed E-state index contributed by atoms with van der Waals surface area (Å²) in [5, 5.41) is 3.50. The molecule has 0 saturated heterocycles. The van der Waals surface area contributed by atoms with Crippen molar-refractivity contribution in [2.24, 2.45) is 0 Å². The molecule has 156 valence electrons. The molecule has 5 nitrogen and oxygen atoms in total. The van der Waals surface area contributed by atoms with Gasteiger partial charge in [0.1, 0.15) is 11.8 Å². The molecule has 2 rings (SSSR count). The van der Waals surface area contributed by atoms with Gasteiger partial charge in [-0.15, -0.1) is 11.8 Å². The fraction of sp³-hybridized carbons (Fsp3) is 0.364. The van der Waals surface area contributed by atoms with E-state index in [-0.39, 0.29) is 17.6 Å². The minimum absolute atomic E-state index is 0.0918. The first-order chi connectivity index (χ1) is 14.0. The molecule has 0 bridgehead atoms. The molecule has 0 spiro atoms. The normalized spacial score (nSPS) is 11.6. The summed E-state index contributed by atoms with van der Waals surface area (Å²) < 4.78 is 5.29. The van der Waals surface area contributed by atoms with Crippen LogP contribution in [0.2, 0.25) is 5.02 Å². The largest absolute Gasteiger partial charge is 0.497 e. The topological polar surface area (TPSA) is 58.6 Å². The van der Waals surface area contributed by atoms with E-state index in [9.17, 15) is 9.59 Å². The van der Waals surface area contributed by atoms with E-state index in [1.54, 1.807) is 24.1 Å². The fourth-order valence-electron chi connectivity index (χ4n) is 2.94. The molecule has 2 aromatic rings. The molecule has 0 unspecified atom stereocenters. The van der Waals surface area contributed by atoms with Crippen LogP contribution in [-0.4, -0.2) is 42.2 Å². The third kappa shape index (κ3) is 6.98. The van der Waals surface area contributed by atoms with E-state index in [0.717, 1.165) is 16.2 Å². The van der Waals surface area contributed by atoms with Gasteiger partial charge in [-0.2, -0.15) is 0 Å². The highest BCUT2D eigenvalue weighted by atomic mass is 35.5. The minimum atomic E-state index is -0.528. The van der Waals surface area contributed by atoms with Crippen LogP contribution in [0, 0.1) is 0 Å². The van der Waals surface area contributed by atoms with Gasteiger partial charge in [0.2, 0.25) is 11.8 Å². The Balaban J connectivity index is 2.20. The molecular formula is C22H27ClN2O3S. The quantitative estimate of drug-likeness (QED) is 0.563. The summed E-state index contributed by atoms with van der Waals surface area (Å²) >= 11 is 7.36. The van der Waals surface area contributed by atoms with Crippen molar-refractivity contribution in [1.29, 1.82) is 0 Å². The molecule has 0 fully saturated rings. The first kappa shape index (κ1) is 23.1. The highest BCUT2D eigenvalue weighted by Gasteiger charge is 2.28. The average molecular weight is 435 g/mol. The number of benzene rings is 2. The van der Waals surface area contributed by atoms with Gasteiger partial charge in [-0.3, -0.25) is 9.59 Å². The molecular weight excluding hydrogens is 408 g/mol. The standard InChI is InChI=1S/C22H27ClN2O3S/c1-4-20(22(27)24-5-2)25(14-16-7-6-8-18(13-16)28-3)21(26)15-29-19-11-9-17(23)10-12-19/h6-13,20H,4-5,14-15H2,1-3H3,(H,24,27)/t20-/m1/s1. The molecule has 0 aromatic heterocycles. The van der Waals surface area contributed by atoms with Gasteiger partial charge < -0.3 is 15.0 Å². The molecule has 2 aromatic carbocycles. The van der Waals surface area contributed by atoms with Gasteiger partial charge in [0, 0.05) is 23.0 Å². The van der Waals surface area contributed by atoms with Crippen LogP contribution in [0.25, 0.3) is 0 Å². The van der Waals surface area contributed by atoms with Crippen molar-refractivity contribution in [2.45, 2.75) is 37.8 Å². The summed E-state index contributed by atoms with van der Waals surface area (Å²) in [7, 11) is 1.61. The van der Waals surface area contributed by atoms with Crippen LogP contribution < -0.4 is 10.1 Å². The number of hydrogen-bond acceptors (Lipinski definition) is 4. The number of methoxy groups -OCH3 is 1. The van der Waals surface area contributed by atoms with E-state index in [2.05, 4.69) is 5.32 Å². The number of thioether (sulfide) groups is 1. The van der Waals surface area contributed by atoms with E-state index in [0.29, 0.717) is 24.5 Å². The number of amides is 2. The Labute approximate surface area is 181 Å². The van der Waals surface area contributed by atoms with Crippen molar-refractivity contribution in [3.63, 3.8) is 0 Å². The number of likely N-dealkylation sites (N-methyl/N-ethyl adjacent to an activating group) is 1. The number of carbonyl (C=O) groups is 2. The summed E-state index contributed by atoms with van der Waals surface area (Å²) in [6.07, 6.45) is 0.535. The average Bonchev–Trinajstić information content (AvgIpc) is 2.73. The predicted molar refractivity (Wildman–Crippen MR) is 118 cm³/mol. The van der Waals surface area contributed by atoms with E-state index in [1.807, 2.05) is 50.2 Å². The van der Waals surface area contributed by atoms with E-state index < -0.39 is 6.04 Å². The SMILES string of the molecule is CCNC(=O)[C@@H](CC)N(Cc1cccc(OC)c1)C(=O)CSc1ccc(Cl)cc1. The van der Waals surface area contributed by atoms with E-state index >= 15 is 0 Å². The van der Waals surface area contributed by atoms with Gasteiger partial charge in [0.25, 0.3) is 0 Å². The molecule has 7 heteroatoms. The van der Waals surface area contributed by atoms with Crippen molar-refractivity contribution >= 4 is 35.2 Å². The van der Waals surface area contributed by atoms with E-state index in [4.69, 9.17) is 16.3 Å². The summed E-state index contributed by atoms with van der Waals surface area (Å²) in [6.45, 7) is 4.65. The van der Waals surface area contributed by atoms with Gasteiger partial charge in [-0.05, 0) is 55.3 Å². The highest BCUT2D eigenvalue weighted by molar-refractivity contribution is 8.00. The van der Waals surface area contributed by atoms with Crippen LogP contribution in [0.5, 0.6) is 5.75 Å². The van der Waals surface area contributed by atoms with Gasteiger partial charge in [0.05, 0.1) is 12.9 Å². The van der Waals surface area contributed by atoms with Crippen molar-refractivity contribution in [2.75, 3.05) is 19.4 Å². The maximum atomic E-state index is 13.1. The summed E-state index contributed by atoms with van der Waals surface area (Å²) in [6, 6.07) is 14.4. The van der Waals surface area contributed by atoms with Crippen molar-refractivity contribution in [3.8, 4) is 5.75 Å². The van der Waals surface area contributed by atoms with Gasteiger partial charge in [-0.25, -0.2) is 0 Å². The zero-order chi connectivity index (χ0) is 21.2. The molecule has 2 amide bonds. The number of nitrogens with zero attached hydrogens (tertiary/aromatic N) is 1. The number of carbonyl (C=O) groups excluding carboxylic acids is 2. The fourth-order valence-corrected chi connectivity index (χ4v) is 3.85. The van der Waals surface area contributed by atoms with Gasteiger partial charge in [-0.1, -0.05) is 30.7 Å². The molecule has 0 aliphatic heterocycles. The number of nitrogens with one attached hydrogen (secondary N) is 1. The smallest absolute Gasteiger partial charge is 0.242 e. The molecule has 1 N–H and O–H groups in total. The lowest BCUT2D eigenvalue weighted by molar-refractivity contribution is -0.139. The first-order valence-electron chi connectivity index (χ1n) is 9.56. The van der Waals surface area contributed by atoms with Crippen LogP contribution in [-0.2, 0) is 16.1 Å². The van der Waals surface area contributed by atoms with Gasteiger partial charge >= 0.3 is 0 Å². The lowest BCUT2D eigenvalue weighted by atomic mass is 10.1. The molecule has 0 aliphatic rings. The van der Waals surface area contributed by atoms with Crippen LogP contribution in [0.3, 0.4) is 0 Å². The number of hydrogen-bond donors (Lipinski definition) is 1. The third-order valence-electron chi connectivity index (χ3n) is 4.40. The molecule has 0 radical (unpaired) electrons. The predicted octanol–water partition coefficient (Wildman–Crippen LogP) is 4.38. The molecule has 1 atom stereocenters. The minimum Gasteiger partial charge on any atom is -0.497 e. The maximum Gasteiger partial charge on any atom is 0.242 e. The summed E-state index contributed by atoms with van der Waals surface area (Å²) in [4.78, 5) is 28.3. The number of rotatable bonds is 10. The number of halogens is 1. The zero-order valence-electron chi connectivity index (χ0n) is 17.0. The van der Waals surface area contributed by atoms with E-state index in [1.165, 1.54) is 11.8 Å². The molecule has 0 saturated carbocycles. The van der Waals surface area contributed by atoms with Crippen molar-refractivity contribution in [3.05, 3.63) is 59.1 Å². The maximum absolute atomic E-state index is 13.1. The summed E-state index contributed by atoms with van der Waals surface area (Å²) in [5.74, 6) is 0.728. The zero-order valence-corrected chi connectivity index (χ0v) is 18.6. The molecule has 0 aliphatic carbocycles. The second-order valence-electron chi connectivity index (χ2n) is 6.43. The number of ether oxygens (including phenoxy) is 1. The monoisotopic (exact) mass is 434 g/mol. The Morgan fingerprint density at radius 2 is 1.90 bits per heavy atom. The lowest BCUT2D eigenvalue weighted by Gasteiger charge is -2.30. The second kappa shape index (κ2) is 11.7. The lowest BCUT2D eigenvalue weighted by Crippen LogP contribution is -2.49. The van der Waals surface area contributed by atoms with Crippen LogP contribution in [0.4, 0.5) is 0 Å². The Hall–Kier alpha value is -2.18. The Morgan fingerprint density at radius 3 is 2.52 bits per heavy atom. The Bertz CT molecular complexity index is 814. The first-order valence-corrected chi connectivity index (χ1v) is 10.9. The highest BCUT2D eigenvalue weighted by Crippen LogP contribution is 2.23. The van der Waals surface area contributed by atoms with Crippen LogP contribution in [0.15, 0.2) is 53.4 Å². The molecule has 0 heterocycles. The van der Waals surface area contributed by atoms with Crippen molar-refractivity contribution < 1.29 is 14.3 Å². The Morgan fingerprint density at radius 1 is 1.17 bits per heavy atom. The third-order valence-corrected chi connectivity index (χ3v) is 5.65. The van der Waals surface area contributed by atoms with Crippen LogP contribution in [0.1, 0.15) is 25.8 Å². The summed E-state index contributed by atoms with van der Waals surface area (Å²) in [5.41, 5.74) is 0.914.